The molecule has 2 atom stereocenters. The van der Waals surface area contributed by atoms with Gasteiger partial charge in [-0.05, 0) is 23.6 Å². The predicted molar refractivity (Wildman–Crippen MR) is 89.6 cm³/mol. The molecule has 21 heavy (non-hydrogen) atoms. The van der Waals surface area contributed by atoms with E-state index in [4.69, 9.17) is 0 Å². The molecule has 0 aliphatic rings. The van der Waals surface area contributed by atoms with E-state index >= 15 is 0 Å². The topological polar surface area (TPSA) is 23.5 Å². The minimum absolute atomic E-state index is 0.00602. The van der Waals surface area contributed by atoms with Gasteiger partial charge in [0.1, 0.15) is 0 Å². The quantitative estimate of drug-likeness (QED) is 0.813. The lowest BCUT2D eigenvalue weighted by atomic mass is 9.89. The fraction of sp³-hybridized carbons (Fsp3) is 0.263. The smallest absolute Gasteiger partial charge is 0.0855 e. The summed E-state index contributed by atoms with van der Waals surface area (Å²) in [4.78, 5) is 2.10. The van der Waals surface area contributed by atoms with Gasteiger partial charge in [-0.1, -0.05) is 54.6 Å². The van der Waals surface area contributed by atoms with Gasteiger partial charge in [-0.2, -0.15) is 0 Å². The number of aliphatic hydroxyl groups is 1. The van der Waals surface area contributed by atoms with Crippen molar-refractivity contribution < 1.29 is 5.11 Å². The van der Waals surface area contributed by atoms with Crippen LogP contribution in [-0.2, 0) is 6.42 Å². The number of benzene rings is 2. The van der Waals surface area contributed by atoms with Crippen LogP contribution in [0.5, 0.6) is 0 Å². The standard InChI is InChI=1S/C19H23NO/c1-4-15(19(21)16-10-6-5-7-11-16)14-17-12-8-9-13-18(17)20(2)3/h4-13,15,19,21H,1,14H2,2-3H3. The first-order chi connectivity index (χ1) is 10.1. The Hall–Kier alpha value is -2.06. The number of rotatable bonds is 6. The highest BCUT2D eigenvalue weighted by Gasteiger charge is 2.19. The molecular formula is C19H23NO. The maximum atomic E-state index is 10.6. The Morgan fingerprint density at radius 1 is 1.05 bits per heavy atom. The number of para-hydroxylation sites is 1. The van der Waals surface area contributed by atoms with Gasteiger partial charge < -0.3 is 10.0 Å². The highest BCUT2D eigenvalue weighted by Crippen LogP contribution is 2.29. The van der Waals surface area contributed by atoms with E-state index in [9.17, 15) is 5.11 Å². The molecule has 2 heteroatoms. The van der Waals surface area contributed by atoms with Gasteiger partial charge in [0.15, 0.2) is 0 Å². The van der Waals surface area contributed by atoms with Gasteiger partial charge in [0.2, 0.25) is 0 Å². The lowest BCUT2D eigenvalue weighted by molar-refractivity contribution is 0.131. The Balaban J connectivity index is 2.22. The maximum Gasteiger partial charge on any atom is 0.0855 e. The monoisotopic (exact) mass is 281 g/mol. The minimum atomic E-state index is -0.529. The molecule has 2 unspecified atom stereocenters. The van der Waals surface area contributed by atoms with Gasteiger partial charge >= 0.3 is 0 Å². The Labute approximate surface area is 127 Å². The summed E-state index contributed by atoms with van der Waals surface area (Å²) in [6.45, 7) is 3.90. The van der Waals surface area contributed by atoms with E-state index in [1.807, 2.05) is 62.6 Å². The molecule has 0 spiro atoms. The number of aliphatic hydroxyl groups excluding tert-OH is 1. The molecule has 0 bridgehead atoms. The molecule has 110 valence electrons. The molecule has 0 heterocycles. The second kappa shape index (κ2) is 7.09. The normalized spacial score (nSPS) is 13.5. The first kappa shape index (κ1) is 15.3. The molecular weight excluding hydrogens is 258 g/mol. The average Bonchev–Trinajstić information content (AvgIpc) is 2.53. The third kappa shape index (κ3) is 3.73. The van der Waals surface area contributed by atoms with E-state index in [0.29, 0.717) is 0 Å². The van der Waals surface area contributed by atoms with Crippen LogP contribution in [0.4, 0.5) is 5.69 Å². The lowest BCUT2D eigenvalue weighted by Crippen LogP contribution is -2.16. The zero-order valence-electron chi connectivity index (χ0n) is 12.7. The Bertz CT molecular complexity index is 577. The summed E-state index contributed by atoms with van der Waals surface area (Å²) >= 11 is 0. The Morgan fingerprint density at radius 3 is 2.29 bits per heavy atom. The first-order valence-electron chi connectivity index (χ1n) is 7.24. The highest BCUT2D eigenvalue weighted by atomic mass is 16.3. The van der Waals surface area contributed by atoms with Crippen LogP contribution in [0.2, 0.25) is 0 Å². The van der Waals surface area contributed by atoms with Crippen molar-refractivity contribution in [2.45, 2.75) is 12.5 Å². The predicted octanol–water partition coefficient (Wildman–Crippen LogP) is 3.83. The van der Waals surface area contributed by atoms with Crippen LogP contribution < -0.4 is 4.90 Å². The van der Waals surface area contributed by atoms with Crippen molar-refractivity contribution in [1.82, 2.24) is 0 Å². The van der Waals surface area contributed by atoms with Gasteiger partial charge in [0, 0.05) is 25.7 Å². The molecule has 0 aliphatic carbocycles. The molecule has 0 fully saturated rings. The summed E-state index contributed by atoms with van der Waals surface area (Å²) in [5.41, 5.74) is 3.34. The molecule has 2 rings (SSSR count). The van der Waals surface area contributed by atoms with Crippen LogP contribution in [0.3, 0.4) is 0 Å². The van der Waals surface area contributed by atoms with E-state index in [1.165, 1.54) is 11.3 Å². The largest absolute Gasteiger partial charge is 0.388 e. The molecule has 0 saturated heterocycles. The number of hydrogen-bond acceptors (Lipinski definition) is 2. The van der Waals surface area contributed by atoms with Crippen LogP contribution >= 0.6 is 0 Å². The molecule has 0 radical (unpaired) electrons. The van der Waals surface area contributed by atoms with Gasteiger partial charge in [-0.25, -0.2) is 0 Å². The minimum Gasteiger partial charge on any atom is -0.388 e. The van der Waals surface area contributed by atoms with Crippen molar-refractivity contribution in [2.24, 2.45) is 5.92 Å². The fourth-order valence-corrected chi connectivity index (χ4v) is 2.59. The van der Waals surface area contributed by atoms with Gasteiger partial charge in [0.05, 0.1) is 6.10 Å². The number of nitrogens with zero attached hydrogens (tertiary/aromatic N) is 1. The second-order valence-corrected chi connectivity index (χ2v) is 5.48. The lowest BCUT2D eigenvalue weighted by Gasteiger charge is -2.23. The van der Waals surface area contributed by atoms with Crippen molar-refractivity contribution in [1.29, 1.82) is 0 Å². The molecule has 0 amide bonds. The highest BCUT2D eigenvalue weighted by molar-refractivity contribution is 5.52. The Kier molecular flexibility index (Phi) is 5.18. The summed E-state index contributed by atoms with van der Waals surface area (Å²) in [5, 5.41) is 10.6. The van der Waals surface area contributed by atoms with Crippen molar-refractivity contribution in [3.63, 3.8) is 0 Å². The number of anilines is 1. The van der Waals surface area contributed by atoms with E-state index < -0.39 is 6.10 Å². The van der Waals surface area contributed by atoms with Gasteiger partial charge in [0.25, 0.3) is 0 Å². The Morgan fingerprint density at radius 2 is 1.67 bits per heavy atom. The van der Waals surface area contributed by atoms with Crippen LogP contribution in [0, 0.1) is 5.92 Å². The number of hydrogen-bond donors (Lipinski definition) is 1. The third-order valence-electron chi connectivity index (χ3n) is 3.78. The van der Waals surface area contributed by atoms with Crippen molar-refractivity contribution in [3.8, 4) is 0 Å². The van der Waals surface area contributed by atoms with E-state index in [0.717, 1.165) is 12.0 Å². The SMILES string of the molecule is C=CC(Cc1ccccc1N(C)C)C(O)c1ccccc1. The molecule has 0 saturated carbocycles. The maximum absolute atomic E-state index is 10.6. The average molecular weight is 281 g/mol. The van der Waals surface area contributed by atoms with Crippen molar-refractivity contribution in [3.05, 3.63) is 78.4 Å². The second-order valence-electron chi connectivity index (χ2n) is 5.48. The third-order valence-corrected chi connectivity index (χ3v) is 3.78. The van der Waals surface area contributed by atoms with Crippen LogP contribution in [0.15, 0.2) is 67.3 Å². The zero-order valence-corrected chi connectivity index (χ0v) is 12.7. The summed E-state index contributed by atoms with van der Waals surface area (Å²) in [6.07, 6.45) is 2.09. The van der Waals surface area contributed by atoms with E-state index in [2.05, 4.69) is 23.6 Å². The van der Waals surface area contributed by atoms with Crippen molar-refractivity contribution in [2.75, 3.05) is 19.0 Å². The summed E-state index contributed by atoms with van der Waals surface area (Å²) in [5.74, 6) is -0.00602. The molecule has 2 aromatic carbocycles. The summed E-state index contributed by atoms with van der Waals surface area (Å²) in [7, 11) is 4.07. The summed E-state index contributed by atoms with van der Waals surface area (Å²) in [6, 6.07) is 18.1. The molecule has 2 aromatic rings. The van der Waals surface area contributed by atoms with Gasteiger partial charge in [-0.3, -0.25) is 0 Å². The van der Waals surface area contributed by atoms with Crippen LogP contribution in [0.25, 0.3) is 0 Å². The van der Waals surface area contributed by atoms with E-state index in [-0.39, 0.29) is 5.92 Å². The fourth-order valence-electron chi connectivity index (χ4n) is 2.59. The first-order valence-corrected chi connectivity index (χ1v) is 7.24. The van der Waals surface area contributed by atoms with Crippen LogP contribution in [0.1, 0.15) is 17.2 Å². The molecule has 0 aromatic heterocycles. The van der Waals surface area contributed by atoms with Crippen molar-refractivity contribution >= 4 is 5.69 Å². The molecule has 1 N–H and O–H groups in total. The zero-order chi connectivity index (χ0) is 15.2. The van der Waals surface area contributed by atoms with E-state index in [1.54, 1.807) is 0 Å². The molecule has 0 aliphatic heterocycles. The van der Waals surface area contributed by atoms with Crippen LogP contribution in [-0.4, -0.2) is 19.2 Å². The molecule has 2 nitrogen and oxygen atoms in total. The van der Waals surface area contributed by atoms with Gasteiger partial charge in [-0.15, -0.1) is 6.58 Å². The summed E-state index contributed by atoms with van der Waals surface area (Å²) < 4.78 is 0.